The predicted molar refractivity (Wildman–Crippen MR) is 38.2 cm³/mol. The van der Waals surface area contributed by atoms with Crippen LogP contribution in [0.15, 0.2) is 11.3 Å². The summed E-state index contributed by atoms with van der Waals surface area (Å²) < 4.78 is 4.85. The largest absolute Gasteiger partial charge is 0.410 e. The van der Waals surface area contributed by atoms with E-state index in [0.717, 1.165) is 0 Å². The van der Waals surface area contributed by atoms with Gasteiger partial charge in [0.05, 0.1) is 11.1 Å². The van der Waals surface area contributed by atoms with Crippen molar-refractivity contribution >= 4 is 11.6 Å². The highest BCUT2D eigenvalue weighted by molar-refractivity contribution is 6.30. The summed E-state index contributed by atoms with van der Waals surface area (Å²) in [6.07, 6.45) is 1.52. The lowest BCUT2D eigenvalue weighted by molar-refractivity contribution is -0.157. The van der Waals surface area contributed by atoms with E-state index in [0.29, 0.717) is 11.8 Å². The molecule has 0 N–H and O–H groups in total. The molecule has 0 spiro atoms. The molecule has 1 unspecified atom stereocenters. The fourth-order valence-electron chi connectivity index (χ4n) is 0.715. The van der Waals surface area contributed by atoms with Gasteiger partial charge in [-0.25, -0.2) is 0 Å². The van der Waals surface area contributed by atoms with Gasteiger partial charge in [0, 0.05) is 7.11 Å². The molecule has 4 heteroatoms. The van der Waals surface area contributed by atoms with E-state index in [2.05, 4.69) is 0 Å². The van der Waals surface area contributed by atoms with Gasteiger partial charge in [0.15, 0.2) is 0 Å². The van der Waals surface area contributed by atoms with Crippen molar-refractivity contribution < 1.29 is 9.57 Å². The van der Waals surface area contributed by atoms with Crippen LogP contribution in [0.1, 0.15) is 6.92 Å². The number of hydrogen-bond acceptors (Lipinski definition) is 3. The number of ether oxygens (including phenoxy) is 1. The molecule has 0 radical (unpaired) electrons. The Kier molecular flexibility index (Phi) is 2.54. The first kappa shape index (κ1) is 7.85. The zero-order valence-corrected chi connectivity index (χ0v) is 6.76. The van der Waals surface area contributed by atoms with Crippen molar-refractivity contribution in [1.82, 2.24) is 5.06 Å². The Morgan fingerprint density at radius 2 is 2.60 bits per heavy atom. The normalized spacial score (nSPS) is 26.3. The number of methoxy groups -OCH3 is 1. The topological polar surface area (TPSA) is 21.7 Å². The van der Waals surface area contributed by atoms with E-state index in [1.54, 1.807) is 12.2 Å². The first-order valence-corrected chi connectivity index (χ1v) is 3.41. The summed E-state index contributed by atoms with van der Waals surface area (Å²) in [5.41, 5.74) is 0. The molecule has 1 aliphatic heterocycles. The van der Waals surface area contributed by atoms with Crippen LogP contribution in [0.5, 0.6) is 0 Å². The van der Waals surface area contributed by atoms with E-state index >= 15 is 0 Å². The Morgan fingerprint density at radius 3 is 3.00 bits per heavy atom. The monoisotopic (exact) mass is 163 g/mol. The van der Waals surface area contributed by atoms with Crippen molar-refractivity contribution in [1.29, 1.82) is 0 Å². The van der Waals surface area contributed by atoms with Crippen LogP contribution in [0.3, 0.4) is 0 Å². The van der Waals surface area contributed by atoms with Gasteiger partial charge in [-0.05, 0) is 6.92 Å². The lowest BCUT2D eigenvalue weighted by Crippen LogP contribution is -2.29. The maximum absolute atomic E-state index is 5.73. The molecular formula is C6H10ClNO2. The predicted octanol–water partition coefficient (Wildman–Crippen LogP) is 1.31. The smallest absolute Gasteiger partial charge is 0.133 e. The molecule has 58 valence electrons. The Balaban J connectivity index is 2.40. The lowest BCUT2D eigenvalue weighted by Gasteiger charge is -2.17. The molecule has 0 amide bonds. The van der Waals surface area contributed by atoms with E-state index < -0.39 is 0 Å². The van der Waals surface area contributed by atoms with E-state index in [9.17, 15) is 0 Å². The summed E-state index contributed by atoms with van der Waals surface area (Å²) in [5.74, 6) is 0. The zero-order valence-electron chi connectivity index (χ0n) is 6.00. The minimum Gasteiger partial charge on any atom is -0.410 e. The second kappa shape index (κ2) is 3.23. The molecule has 1 rings (SSSR count). The van der Waals surface area contributed by atoms with Gasteiger partial charge in [0.1, 0.15) is 13.0 Å². The fraction of sp³-hybridized carbons (Fsp3) is 0.667. The Bertz CT molecular complexity index is 149. The van der Waals surface area contributed by atoms with Crippen LogP contribution in [0.25, 0.3) is 0 Å². The van der Waals surface area contributed by atoms with E-state index in [-0.39, 0.29) is 6.04 Å². The Labute approximate surface area is 65.1 Å². The molecule has 0 saturated heterocycles. The summed E-state index contributed by atoms with van der Waals surface area (Å²) in [5, 5.41) is 2.36. The third-order valence-electron chi connectivity index (χ3n) is 1.39. The third kappa shape index (κ3) is 1.42. The molecule has 0 aliphatic carbocycles. The molecule has 0 aromatic carbocycles. The average Bonchev–Trinajstić information content (AvgIpc) is 2.20. The van der Waals surface area contributed by atoms with Gasteiger partial charge >= 0.3 is 0 Å². The van der Waals surface area contributed by atoms with Gasteiger partial charge in [-0.1, -0.05) is 11.6 Å². The molecular weight excluding hydrogens is 154 g/mol. The molecule has 1 heterocycles. The van der Waals surface area contributed by atoms with Crippen molar-refractivity contribution in [2.45, 2.75) is 13.0 Å². The zero-order chi connectivity index (χ0) is 7.56. The summed E-state index contributed by atoms with van der Waals surface area (Å²) in [6, 6.07) is 0.113. The first-order valence-electron chi connectivity index (χ1n) is 3.03. The Hall–Kier alpha value is -0.250. The minimum absolute atomic E-state index is 0.113. The molecule has 0 saturated carbocycles. The molecule has 0 aromatic rings. The van der Waals surface area contributed by atoms with E-state index in [1.165, 1.54) is 6.26 Å². The van der Waals surface area contributed by atoms with Crippen LogP contribution < -0.4 is 0 Å². The SMILES string of the molecule is COCN1OC=C(Cl)C1C. The van der Waals surface area contributed by atoms with Gasteiger partial charge in [-0.3, -0.25) is 0 Å². The molecule has 3 nitrogen and oxygen atoms in total. The van der Waals surface area contributed by atoms with Gasteiger partial charge < -0.3 is 9.57 Å². The van der Waals surface area contributed by atoms with Crippen molar-refractivity contribution in [2.75, 3.05) is 13.8 Å². The van der Waals surface area contributed by atoms with Gasteiger partial charge in [0.25, 0.3) is 0 Å². The minimum atomic E-state index is 0.113. The third-order valence-corrected chi connectivity index (χ3v) is 1.79. The highest BCUT2D eigenvalue weighted by atomic mass is 35.5. The Morgan fingerprint density at radius 1 is 1.90 bits per heavy atom. The highest BCUT2D eigenvalue weighted by Gasteiger charge is 2.23. The second-order valence-electron chi connectivity index (χ2n) is 2.12. The van der Waals surface area contributed by atoms with Crippen LogP contribution in [0, 0.1) is 0 Å². The van der Waals surface area contributed by atoms with Crippen LogP contribution in [0.2, 0.25) is 0 Å². The molecule has 0 bridgehead atoms. The van der Waals surface area contributed by atoms with Gasteiger partial charge in [-0.15, -0.1) is 5.06 Å². The molecule has 1 atom stereocenters. The summed E-state index contributed by atoms with van der Waals surface area (Å²) in [4.78, 5) is 5.03. The number of hydroxylamine groups is 2. The highest BCUT2D eigenvalue weighted by Crippen LogP contribution is 2.21. The quantitative estimate of drug-likeness (QED) is 0.613. The van der Waals surface area contributed by atoms with Gasteiger partial charge in [-0.2, -0.15) is 0 Å². The average molecular weight is 164 g/mol. The standard InChI is InChI=1S/C6H10ClNO2/c1-5-6(7)3-10-8(5)4-9-2/h3,5H,4H2,1-2H3. The number of halogens is 1. The van der Waals surface area contributed by atoms with Crippen LogP contribution in [-0.4, -0.2) is 24.9 Å². The number of rotatable bonds is 2. The number of hydrogen-bond donors (Lipinski definition) is 0. The maximum Gasteiger partial charge on any atom is 0.133 e. The van der Waals surface area contributed by atoms with E-state index in [4.69, 9.17) is 21.2 Å². The van der Waals surface area contributed by atoms with Crippen molar-refractivity contribution in [2.24, 2.45) is 0 Å². The second-order valence-corrected chi connectivity index (χ2v) is 2.56. The summed E-state index contributed by atoms with van der Waals surface area (Å²) >= 11 is 5.73. The van der Waals surface area contributed by atoms with Crippen molar-refractivity contribution in [3.63, 3.8) is 0 Å². The maximum atomic E-state index is 5.73. The first-order chi connectivity index (χ1) is 4.75. The fourth-order valence-corrected chi connectivity index (χ4v) is 0.864. The van der Waals surface area contributed by atoms with Gasteiger partial charge in [0.2, 0.25) is 0 Å². The summed E-state index contributed by atoms with van der Waals surface area (Å²) in [7, 11) is 1.61. The van der Waals surface area contributed by atoms with Crippen LogP contribution in [-0.2, 0) is 9.57 Å². The van der Waals surface area contributed by atoms with Crippen molar-refractivity contribution in [3.8, 4) is 0 Å². The van der Waals surface area contributed by atoms with E-state index in [1.807, 2.05) is 6.92 Å². The van der Waals surface area contributed by atoms with Crippen LogP contribution >= 0.6 is 11.6 Å². The van der Waals surface area contributed by atoms with Crippen LogP contribution in [0.4, 0.5) is 0 Å². The van der Waals surface area contributed by atoms with Crippen molar-refractivity contribution in [3.05, 3.63) is 11.3 Å². The molecule has 0 aromatic heterocycles. The summed E-state index contributed by atoms with van der Waals surface area (Å²) in [6.45, 7) is 2.39. The molecule has 10 heavy (non-hydrogen) atoms. The number of nitrogens with zero attached hydrogens (tertiary/aromatic N) is 1. The molecule has 1 aliphatic rings. The molecule has 0 fully saturated rings. The lowest BCUT2D eigenvalue weighted by atomic mass is 10.3.